The quantitative estimate of drug-likeness (QED) is 0.498. The van der Waals surface area contributed by atoms with E-state index in [1.807, 2.05) is 12.1 Å². The third-order valence-electron chi connectivity index (χ3n) is 2.09. The number of thiol groups is 1. The lowest BCUT2D eigenvalue weighted by molar-refractivity contribution is 0.0526. The Morgan fingerprint density at radius 2 is 2.19 bits per heavy atom. The Bertz CT molecular complexity index is 366. The molecule has 0 fully saturated rings. The van der Waals surface area contributed by atoms with Crippen LogP contribution in [0.15, 0.2) is 23.1 Å². The number of aryl methyl sites for hydroxylation is 1. The fourth-order valence-corrected chi connectivity index (χ4v) is 1.86. The van der Waals surface area contributed by atoms with Crippen LogP contribution in [0.25, 0.3) is 0 Å². The lowest BCUT2D eigenvalue weighted by Crippen LogP contribution is -2.05. The maximum absolute atomic E-state index is 11.5. The summed E-state index contributed by atoms with van der Waals surface area (Å²) in [6, 6.07) is 5.49. The summed E-state index contributed by atoms with van der Waals surface area (Å²) in [6.45, 7) is 2.17. The van der Waals surface area contributed by atoms with Gasteiger partial charge in [0.05, 0.1) is 12.2 Å². The van der Waals surface area contributed by atoms with Crippen LogP contribution in [0, 0.1) is 0 Å². The highest BCUT2D eigenvalue weighted by molar-refractivity contribution is 7.80. The van der Waals surface area contributed by atoms with Gasteiger partial charge in [-0.2, -0.15) is 0 Å². The van der Waals surface area contributed by atoms with Gasteiger partial charge in [-0.1, -0.05) is 0 Å². The minimum atomic E-state index is -0.300. The van der Waals surface area contributed by atoms with Gasteiger partial charge in [-0.05, 0) is 43.5 Å². The summed E-state index contributed by atoms with van der Waals surface area (Å²) in [4.78, 5) is 12.3. The minimum absolute atomic E-state index is 0.300. The van der Waals surface area contributed by atoms with E-state index in [1.54, 1.807) is 13.0 Å². The molecule has 0 N–H and O–H groups in total. The second-order valence-corrected chi connectivity index (χ2v) is 4.30. The van der Waals surface area contributed by atoms with E-state index in [-0.39, 0.29) is 5.97 Å². The molecule has 0 aliphatic heterocycles. The van der Waals surface area contributed by atoms with Gasteiger partial charge in [0.2, 0.25) is 0 Å². The Morgan fingerprint density at radius 1 is 1.44 bits per heavy atom. The number of alkyl halides is 1. The molecule has 0 aliphatic rings. The largest absolute Gasteiger partial charge is 0.462 e. The van der Waals surface area contributed by atoms with Gasteiger partial charge >= 0.3 is 5.97 Å². The van der Waals surface area contributed by atoms with Crippen molar-refractivity contribution in [3.63, 3.8) is 0 Å². The van der Waals surface area contributed by atoms with Crippen LogP contribution in [-0.4, -0.2) is 18.5 Å². The van der Waals surface area contributed by atoms with Crippen molar-refractivity contribution in [3.8, 4) is 0 Å². The topological polar surface area (TPSA) is 26.3 Å². The summed E-state index contributed by atoms with van der Waals surface area (Å²) in [5.41, 5.74) is 1.62. The zero-order valence-electron chi connectivity index (χ0n) is 9.20. The maximum atomic E-state index is 11.5. The number of rotatable bonds is 5. The van der Waals surface area contributed by atoms with Crippen LogP contribution in [-0.2, 0) is 11.2 Å². The van der Waals surface area contributed by atoms with E-state index in [2.05, 4.69) is 12.6 Å². The molecule has 0 radical (unpaired) electrons. The van der Waals surface area contributed by atoms with Crippen LogP contribution in [0.2, 0.25) is 0 Å². The molecule has 4 heteroatoms. The van der Waals surface area contributed by atoms with E-state index >= 15 is 0 Å². The monoisotopic (exact) mass is 258 g/mol. The van der Waals surface area contributed by atoms with E-state index in [4.69, 9.17) is 16.3 Å². The smallest absolute Gasteiger partial charge is 0.338 e. The van der Waals surface area contributed by atoms with Crippen molar-refractivity contribution < 1.29 is 9.53 Å². The van der Waals surface area contributed by atoms with Crippen LogP contribution < -0.4 is 0 Å². The van der Waals surface area contributed by atoms with Crippen LogP contribution in [0.4, 0.5) is 0 Å². The molecule has 0 aromatic heterocycles. The highest BCUT2D eigenvalue weighted by Gasteiger charge is 2.08. The Morgan fingerprint density at radius 3 is 2.81 bits per heavy atom. The molecular formula is C12H15ClO2S. The van der Waals surface area contributed by atoms with Crippen molar-refractivity contribution in [2.75, 3.05) is 12.5 Å². The number of hydrogen-bond donors (Lipinski definition) is 1. The number of carbonyl (C=O) groups excluding carboxylic acids is 1. The van der Waals surface area contributed by atoms with Crippen LogP contribution in [0.1, 0.15) is 29.3 Å². The fourth-order valence-electron chi connectivity index (χ4n) is 1.42. The fraction of sp³-hybridized carbons (Fsp3) is 0.417. The highest BCUT2D eigenvalue weighted by Crippen LogP contribution is 2.16. The van der Waals surface area contributed by atoms with Crippen LogP contribution in [0.5, 0.6) is 0 Å². The highest BCUT2D eigenvalue weighted by atomic mass is 35.5. The normalized spacial score (nSPS) is 10.2. The van der Waals surface area contributed by atoms with Crippen molar-refractivity contribution in [2.45, 2.75) is 24.7 Å². The third-order valence-corrected chi connectivity index (χ3v) is 2.61. The van der Waals surface area contributed by atoms with E-state index in [0.29, 0.717) is 18.1 Å². The summed E-state index contributed by atoms with van der Waals surface area (Å²) < 4.78 is 4.94. The number of carbonyl (C=O) groups is 1. The van der Waals surface area contributed by atoms with E-state index in [9.17, 15) is 4.79 Å². The van der Waals surface area contributed by atoms with Crippen molar-refractivity contribution in [3.05, 3.63) is 29.3 Å². The first-order valence-corrected chi connectivity index (χ1v) is 6.21. The summed E-state index contributed by atoms with van der Waals surface area (Å²) >= 11 is 9.90. The average molecular weight is 259 g/mol. The van der Waals surface area contributed by atoms with Crippen molar-refractivity contribution in [1.82, 2.24) is 0 Å². The number of ether oxygens (including phenoxy) is 1. The molecule has 0 saturated heterocycles. The van der Waals surface area contributed by atoms with Crippen LogP contribution in [0.3, 0.4) is 0 Å². The Labute approximate surface area is 106 Å². The summed E-state index contributed by atoms with van der Waals surface area (Å²) in [5, 5.41) is 0. The van der Waals surface area contributed by atoms with Crippen molar-refractivity contribution in [2.24, 2.45) is 0 Å². The lowest BCUT2D eigenvalue weighted by atomic mass is 10.1. The Kier molecular flexibility index (Phi) is 5.71. The number of benzene rings is 1. The molecule has 0 amide bonds. The van der Waals surface area contributed by atoms with Gasteiger partial charge < -0.3 is 4.74 Å². The summed E-state index contributed by atoms with van der Waals surface area (Å²) in [7, 11) is 0. The van der Waals surface area contributed by atoms with Crippen molar-refractivity contribution in [1.29, 1.82) is 0 Å². The molecule has 0 spiro atoms. The molecule has 2 nitrogen and oxygen atoms in total. The zero-order valence-corrected chi connectivity index (χ0v) is 10.9. The van der Waals surface area contributed by atoms with Crippen molar-refractivity contribution >= 4 is 30.2 Å². The predicted molar refractivity (Wildman–Crippen MR) is 68.7 cm³/mol. The summed E-state index contributed by atoms with van der Waals surface area (Å²) in [5.74, 6) is 0.316. The van der Waals surface area contributed by atoms with Gasteiger partial charge in [0.25, 0.3) is 0 Å². The zero-order chi connectivity index (χ0) is 12.0. The van der Waals surface area contributed by atoms with Gasteiger partial charge in [0.1, 0.15) is 0 Å². The summed E-state index contributed by atoms with van der Waals surface area (Å²) in [6.07, 6.45) is 1.74. The molecule has 88 valence electrons. The molecule has 0 saturated carbocycles. The second kappa shape index (κ2) is 6.81. The van der Waals surface area contributed by atoms with Gasteiger partial charge in [0, 0.05) is 10.8 Å². The first kappa shape index (κ1) is 13.4. The number of hydrogen-bond acceptors (Lipinski definition) is 3. The van der Waals surface area contributed by atoms with E-state index < -0.39 is 0 Å². The average Bonchev–Trinajstić information content (AvgIpc) is 2.26. The minimum Gasteiger partial charge on any atom is -0.462 e. The second-order valence-electron chi connectivity index (χ2n) is 3.40. The molecule has 1 aromatic carbocycles. The molecule has 0 heterocycles. The molecular weight excluding hydrogens is 244 g/mol. The molecule has 16 heavy (non-hydrogen) atoms. The molecule has 0 atom stereocenters. The maximum Gasteiger partial charge on any atom is 0.338 e. The number of halogens is 1. The molecule has 0 unspecified atom stereocenters. The molecule has 0 aliphatic carbocycles. The molecule has 0 bridgehead atoms. The lowest BCUT2D eigenvalue weighted by Gasteiger charge is -2.06. The molecule has 1 rings (SSSR count). The third kappa shape index (κ3) is 4.06. The predicted octanol–water partition coefficient (Wildman–Crippen LogP) is 3.32. The Balaban J connectivity index is 2.84. The standard InChI is InChI=1S/C12H15ClO2S/c1-2-15-12(14)10-6-9(4-3-5-13)7-11(16)8-10/h6-8,16H,2-5H2,1H3. The SMILES string of the molecule is CCOC(=O)c1cc(S)cc(CCCCl)c1. The van der Waals surface area contributed by atoms with Gasteiger partial charge in [-0.15, -0.1) is 24.2 Å². The van der Waals surface area contributed by atoms with Gasteiger partial charge in [-0.25, -0.2) is 4.79 Å². The number of esters is 1. The van der Waals surface area contributed by atoms with Gasteiger partial charge in [0.15, 0.2) is 0 Å². The van der Waals surface area contributed by atoms with Crippen LogP contribution >= 0.6 is 24.2 Å². The first-order chi connectivity index (χ1) is 7.67. The first-order valence-electron chi connectivity index (χ1n) is 5.23. The van der Waals surface area contributed by atoms with E-state index in [1.165, 1.54) is 0 Å². The molecule has 1 aromatic rings. The van der Waals surface area contributed by atoms with Gasteiger partial charge in [-0.3, -0.25) is 0 Å². The Hall–Kier alpha value is -0.670. The van der Waals surface area contributed by atoms with E-state index in [0.717, 1.165) is 23.3 Å².